The predicted molar refractivity (Wildman–Crippen MR) is 123 cm³/mol. The second kappa shape index (κ2) is 9.61. The second-order valence-corrected chi connectivity index (χ2v) is 9.15. The Hall–Kier alpha value is -2.40. The molecule has 0 aliphatic heterocycles. The first kappa shape index (κ1) is 20.9. The molecule has 2 aliphatic carbocycles. The van der Waals surface area contributed by atoms with Crippen molar-refractivity contribution >= 4 is 11.6 Å². The molecule has 0 radical (unpaired) electrons. The highest BCUT2D eigenvalue weighted by Gasteiger charge is 2.22. The maximum atomic E-state index is 14.0. The Labute approximate surface area is 180 Å². The normalized spacial score (nSPS) is 20.9. The topological polar surface area (TPSA) is 23.8 Å². The van der Waals surface area contributed by atoms with Gasteiger partial charge in [0, 0.05) is 0 Å². The van der Waals surface area contributed by atoms with Gasteiger partial charge in [-0.1, -0.05) is 62.9 Å². The van der Waals surface area contributed by atoms with Crippen LogP contribution < -0.4 is 0 Å². The standard InChI is InChI=1S/C28H32FN/c1-2-3-4-5-20-6-8-21(9-7-20)22-10-12-23(13-11-22)24-14-15-25-17-27(19-30)28(29)18-26(25)16-24/h10-13,16-18,20-21H,2-9,14-15H2,1H3. The van der Waals surface area contributed by atoms with Crippen molar-refractivity contribution in [3.05, 3.63) is 70.0 Å². The summed E-state index contributed by atoms with van der Waals surface area (Å²) in [5, 5.41) is 9.04. The maximum absolute atomic E-state index is 14.0. The lowest BCUT2D eigenvalue weighted by Gasteiger charge is -2.29. The van der Waals surface area contributed by atoms with Gasteiger partial charge in [0.2, 0.25) is 0 Å². The number of halogens is 1. The van der Waals surface area contributed by atoms with E-state index < -0.39 is 5.82 Å². The third-order valence-electron chi connectivity index (χ3n) is 7.16. The highest BCUT2D eigenvalue weighted by atomic mass is 19.1. The van der Waals surface area contributed by atoms with Gasteiger partial charge >= 0.3 is 0 Å². The number of hydrogen-bond donors (Lipinski definition) is 0. The molecule has 0 spiro atoms. The molecule has 30 heavy (non-hydrogen) atoms. The van der Waals surface area contributed by atoms with E-state index in [2.05, 4.69) is 37.3 Å². The molecule has 1 fully saturated rings. The van der Waals surface area contributed by atoms with Gasteiger partial charge in [-0.3, -0.25) is 0 Å². The summed E-state index contributed by atoms with van der Waals surface area (Å²) in [5.74, 6) is 1.23. The fourth-order valence-corrected chi connectivity index (χ4v) is 5.26. The Morgan fingerprint density at radius 1 is 1.00 bits per heavy atom. The van der Waals surface area contributed by atoms with Crippen LogP contribution in [0.5, 0.6) is 0 Å². The molecule has 2 aromatic rings. The van der Waals surface area contributed by atoms with Gasteiger partial charge in [-0.2, -0.15) is 5.26 Å². The van der Waals surface area contributed by atoms with Crippen molar-refractivity contribution in [1.82, 2.24) is 0 Å². The van der Waals surface area contributed by atoms with Crippen LogP contribution in [0.4, 0.5) is 4.39 Å². The van der Waals surface area contributed by atoms with E-state index in [1.165, 1.54) is 74.1 Å². The van der Waals surface area contributed by atoms with E-state index in [1.54, 1.807) is 6.07 Å². The minimum Gasteiger partial charge on any atom is -0.206 e. The summed E-state index contributed by atoms with van der Waals surface area (Å²) in [6.07, 6.45) is 14.8. The molecule has 0 saturated heterocycles. The molecular weight excluding hydrogens is 369 g/mol. The Morgan fingerprint density at radius 3 is 2.47 bits per heavy atom. The van der Waals surface area contributed by atoms with Crippen LogP contribution in [0.2, 0.25) is 0 Å². The SMILES string of the molecule is CCCCCC1CCC(c2ccc(C3=Cc4cc(F)c(C#N)cc4CC3)cc2)CC1. The summed E-state index contributed by atoms with van der Waals surface area (Å²) >= 11 is 0. The van der Waals surface area contributed by atoms with Crippen LogP contribution in [0.1, 0.15) is 98.4 Å². The highest BCUT2D eigenvalue weighted by Crippen LogP contribution is 2.38. The number of nitriles is 1. The van der Waals surface area contributed by atoms with Gasteiger partial charge in [0.05, 0.1) is 5.56 Å². The number of aryl methyl sites for hydroxylation is 1. The monoisotopic (exact) mass is 401 g/mol. The summed E-state index contributed by atoms with van der Waals surface area (Å²) in [7, 11) is 0. The zero-order chi connectivity index (χ0) is 20.9. The van der Waals surface area contributed by atoms with Crippen LogP contribution in [0.15, 0.2) is 36.4 Å². The first-order chi connectivity index (χ1) is 14.7. The van der Waals surface area contributed by atoms with E-state index in [-0.39, 0.29) is 5.56 Å². The molecular formula is C28H32FN. The predicted octanol–water partition coefficient (Wildman–Crippen LogP) is 8.04. The van der Waals surface area contributed by atoms with Gasteiger partial charge in [-0.15, -0.1) is 0 Å². The minimum atomic E-state index is -0.422. The number of unbranched alkanes of at least 4 members (excludes halogenated alkanes) is 2. The van der Waals surface area contributed by atoms with E-state index in [9.17, 15) is 4.39 Å². The molecule has 156 valence electrons. The zero-order valence-electron chi connectivity index (χ0n) is 18.1. The molecule has 0 aromatic heterocycles. The first-order valence-corrected chi connectivity index (χ1v) is 11.7. The van der Waals surface area contributed by atoms with Crippen LogP contribution in [-0.2, 0) is 6.42 Å². The van der Waals surface area contributed by atoms with Crippen molar-refractivity contribution in [3.63, 3.8) is 0 Å². The lowest BCUT2D eigenvalue weighted by molar-refractivity contribution is 0.303. The Morgan fingerprint density at radius 2 is 1.77 bits per heavy atom. The molecule has 0 amide bonds. The van der Waals surface area contributed by atoms with E-state index in [0.29, 0.717) is 5.92 Å². The average molecular weight is 402 g/mol. The Balaban J connectivity index is 1.41. The van der Waals surface area contributed by atoms with Crippen LogP contribution in [0.25, 0.3) is 11.6 Å². The largest absolute Gasteiger partial charge is 0.206 e. The third-order valence-corrected chi connectivity index (χ3v) is 7.16. The summed E-state index contributed by atoms with van der Waals surface area (Å²) < 4.78 is 14.0. The smallest absolute Gasteiger partial charge is 0.141 e. The van der Waals surface area contributed by atoms with E-state index in [0.717, 1.165) is 29.9 Å². The van der Waals surface area contributed by atoms with Crippen molar-refractivity contribution in [1.29, 1.82) is 5.26 Å². The first-order valence-electron chi connectivity index (χ1n) is 11.7. The number of allylic oxidation sites excluding steroid dienone is 1. The quantitative estimate of drug-likeness (QED) is 0.449. The van der Waals surface area contributed by atoms with Gasteiger partial charge in [-0.05, 0) is 90.3 Å². The summed E-state index contributed by atoms with van der Waals surface area (Å²) in [6, 6.07) is 14.3. The van der Waals surface area contributed by atoms with Gasteiger partial charge < -0.3 is 0 Å². The average Bonchev–Trinajstić information content (AvgIpc) is 2.79. The molecule has 1 nitrogen and oxygen atoms in total. The van der Waals surface area contributed by atoms with Gasteiger partial charge in [0.25, 0.3) is 0 Å². The highest BCUT2D eigenvalue weighted by molar-refractivity contribution is 5.84. The molecule has 0 heterocycles. The van der Waals surface area contributed by atoms with Crippen LogP contribution in [0.3, 0.4) is 0 Å². The molecule has 0 unspecified atom stereocenters. The molecule has 0 bridgehead atoms. The van der Waals surface area contributed by atoms with Crippen LogP contribution >= 0.6 is 0 Å². The van der Waals surface area contributed by atoms with Gasteiger partial charge in [0.1, 0.15) is 11.9 Å². The van der Waals surface area contributed by atoms with E-state index >= 15 is 0 Å². The third kappa shape index (κ3) is 4.67. The molecule has 4 rings (SSSR count). The molecule has 2 aliphatic rings. The van der Waals surface area contributed by atoms with Crippen molar-refractivity contribution in [2.75, 3.05) is 0 Å². The molecule has 0 atom stereocenters. The number of benzene rings is 2. The minimum absolute atomic E-state index is 0.148. The summed E-state index contributed by atoms with van der Waals surface area (Å²) in [6.45, 7) is 2.28. The number of hydrogen-bond acceptors (Lipinski definition) is 1. The van der Waals surface area contributed by atoms with Gasteiger partial charge in [0.15, 0.2) is 0 Å². The van der Waals surface area contributed by atoms with Crippen LogP contribution in [-0.4, -0.2) is 0 Å². The Kier molecular flexibility index (Phi) is 6.68. The van der Waals surface area contributed by atoms with Crippen molar-refractivity contribution in [2.24, 2.45) is 5.92 Å². The fourth-order valence-electron chi connectivity index (χ4n) is 5.26. The lowest BCUT2D eigenvalue weighted by atomic mass is 9.76. The summed E-state index contributed by atoms with van der Waals surface area (Å²) in [5.41, 5.74) is 6.12. The number of nitrogens with zero attached hydrogens (tertiary/aromatic N) is 1. The van der Waals surface area contributed by atoms with Gasteiger partial charge in [-0.25, -0.2) is 4.39 Å². The maximum Gasteiger partial charge on any atom is 0.141 e. The fraction of sp³-hybridized carbons (Fsp3) is 0.464. The molecule has 0 N–H and O–H groups in total. The van der Waals surface area contributed by atoms with Crippen LogP contribution in [0, 0.1) is 23.1 Å². The van der Waals surface area contributed by atoms with Crippen molar-refractivity contribution in [2.45, 2.75) is 77.0 Å². The lowest BCUT2D eigenvalue weighted by Crippen LogP contribution is -2.13. The summed E-state index contributed by atoms with van der Waals surface area (Å²) in [4.78, 5) is 0. The zero-order valence-corrected chi connectivity index (χ0v) is 18.1. The Bertz CT molecular complexity index is 940. The molecule has 2 heteroatoms. The second-order valence-electron chi connectivity index (χ2n) is 9.15. The number of fused-ring (bicyclic) bond motifs is 1. The van der Waals surface area contributed by atoms with Crippen molar-refractivity contribution in [3.8, 4) is 6.07 Å². The molecule has 1 saturated carbocycles. The van der Waals surface area contributed by atoms with Crippen molar-refractivity contribution < 1.29 is 4.39 Å². The number of rotatable bonds is 6. The van der Waals surface area contributed by atoms with E-state index in [1.807, 2.05) is 6.07 Å². The van der Waals surface area contributed by atoms with E-state index in [4.69, 9.17) is 5.26 Å². The molecule has 2 aromatic carbocycles.